The van der Waals surface area contributed by atoms with Gasteiger partial charge in [0.1, 0.15) is 17.0 Å². The minimum Gasteiger partial charge on any atom is -0.497 e. The van der Waals surface area contributed by atoms with Crippen LogP contribution in [0.25, 0.3) is 10.9 Å². The molecule has 3 N–H and O–H groups in total. The molecule has 1 aliphatic rings. The highest BCUT2D eigenvalue weighted by Gasteiger charge is 2.40. The second kappa shape index (κ2) is 9.08. The van der Waals surface area contributed by atoms with Crippen LogP contribution in [-0.2, 0) is 12.1 Å². The van der Waals surface area contributed by atoms with Crippen molar-refractivity contribution in [1.29, 1.82) is 5.41 Å². The van der Waals surface area contributed by atoms with E-state index in [1.165, 1.54) is 6.92 Å². The summed E-state index contributed by atoms with van der Waals surface area (Å²) in [4.78, 5) is 13.3. The molecule has 0 radical (unpaired) electrons. The molecular weight excluding hydrogens is 418 g/mol. The van der Waals surface area contributed by atoms with E-state index in [4.69, 9.17) is 10.1 Å². The molecule has 0 aliphatic heterocycles. The maximum Gasteiger partial charge on any atom is 0.214 e. The molecule has 1 unspecified atom stereocenters. The van der Waals surface area contributed by atoms with Gasteiger partial charge in [0.2, 0.25) is 5.43 Å². The summed E-state index contributed by atoms with van der Waals surface area (Å²) in [6.45, 7) is 1.81. The number of para-hydroxylation sites is 1. The summed E-state index contributed by atoms with van der Waals surface area (Å²) in [5, 5.41) is 35.9. The van der Waals surface area contributed by atoms with Crippen LogP contribution in [-0.4, -0.2) is 38.4 Å². The van der Waals surface area contributed by atoms with Gasteiger partial charge in [-0.1, -0.05) is 43.5 Å². The lowest BCUT2D eigenvalue weighted by Gasteiger charge is -2.35. The van der Waals surface area contributed by atoms with Crippen LogP contribution >= 0.6 is 0 Å². The minimum absolute atomic E-state index is 0.0203. The zero-order chi connectivity index (χ0) is 23.6. The minimum atomic E-state index is -1.89. The third kappa shape index (κ3) is 4.70. The average molecular weight is 450 g/mol. The van der Waals surface area contributed by atoms with E-state index in [9.17, 15) is 15.0 Å². The average Bonchev–Trinajstić information content (AvgIpc) is 2.81. The standard InChI is InChI=1S/C26H31N3O4/c1-25(31,22(27)16-26(32)14-6-3-7-15-26)24-23(30)20-8-4-5-9-21(20)29(28-24)17-18-10-12-19(33-2)13-11-18/h4-5,8-13,27,31-32H,3,6-7,14-17H2,1-2H3. The van der Waals surface area contributed by atoms with Gasteiger partial charge in [-0.3, -0.25) is 9.48 Å². The molecule has 3 aromatic rings. The quantitative estimate of drug-likeness (QED) is 0.476. The van der Waals surface area contributed by atoms with Crippen LogP contribution in [0.15, 0.2) is 53.3 Å². The molecule has 0 spiro atoms. The Bertz CT molecular complexity index is 1210. The number of benzene rings is 2. The first-order valence-corrected chi connectivity index (χ1v) is 11.4. The fourth-order valence-electron chi connectivity index (χ4n) is 4.61. The van der Waals surface area contributed by atoms with Crippen LogP contribution in [0.2, 0.25) is 0 Å². The van der Waals surface area contributed by atoms with Crippen molar-refractivity contribution in [2.45, 2.75) is 63.2 Å². The van der Waals surface area contributed by atoms with Gasteiger partial charge in [0, 0.05) is 17.5 Å². The third-order valence-corrected chi connectivity index (χ3v) is 6.69. The van der Waals surface area contributed by atoms with Gasteiger partial charge >= 0.3 is 0 Å². The smallest absolute Gasteiger partial charge is 0.214 e. The highest BCUT2D eigenvalue weighted by atomic mass is 16.5. The Morgan fingerprint density at radius 3 is 2.48 bits per heavy atom. The van der Waals surface area contributed by atoms with Gasteiger partial charge in [0.05, 0.1) is 24.8 Å². The summed E-state index contributed by atoms with van der Waals surface area (Å²) in [6.07, 6.45) is 4.07. The zero-order valence-corrected chi connectivity index (χ0v) is 19.2. The molecule has 1 heterocycles. The van der Waals surface area contributed by atoms with Gasteiger partial charge < -0.3 is 20.4 Å². The van der Waals surface area contributed by atoms with Crippen LogP contribution in [0.1, 0.15) is 56.7 Å². The van der Waals surface area contributed by atoms with E-state index in [2.05, 4.69) is 5.10 Å². The normalized spacial score (nSPS) is 17.5. The number of nitrogens with zero attached hydrogens (tertiary/aromatic N) is 2. The predicted molar refractivity (Wildman–Crippen MR) is 128 cm³/mol. The Morgan fingerprint density at radius 2 is 1.82 bits per heavy atom. The Balaban J connectivity index is 1.74. The van der Waals surface area contributed by atoms with Crippen molar-refractivity contribution in [2.75, 3.05) is 7.11 Å². The van der Waals surface area contributed by atoms with Gasteiger partial charge in [0.25, 0.3) is 0 Å². The molecule has 2 aromatic carbocycles. The molecule has 0 bridgehead atoms. The number of hydrogen-bond acceptors (Lipinski definition) is 6. The van der Waals surface area contributed by atoms with Crippen molar-refractivity contribution in [3.05, 3.63) is 70.0 Å². The Labute approximate surface area is 193 Å². The van der Waals surface area contributed by atoms with Gasteiger partial charge in [-0.25, -0.2) is 0 Å². The molecule has 1 aliphatic carbocycles. The first-order chi connectivity index (χ1) is 15.7. The van der Waals surface area contributed by atoms with E-state index >= 15 is 0 Å². The SMILES string of the molecule is COc1ccc(Cn2nc(C(C)(O)C(=N)CC3(O)CCCCC3)c(=O)c3ccccc32)cc1. The van der Waals surface area contributed by atoms with Crippen molar-refractivity contribution in [3.8, 4) is 5.75 Å². The first-order valence-electron chi connectivity index (χ1n) is 11.4. The van der Waals surface area contributed by atoms with E-state index in [1.807, 2.05) is 36.4 Å². The molecule has 7 nitrogen and oxygen atoms in total. The van der Waals surface area contributed by atoms with Crippen LogP contribution < -0.4 is 10.2 Å². The molecule has 4 rings (SSSR count). The number of hydrogen-bond donors (Lipinski definition) is 3. The Hall–Kier alpha value is -3.03. The molecule has 0 amide bonds. The highest BCUT2D eigenvalue weighted by Crippen LogP contribution is 2.34. The van der Waals surface area contributed by atoms with E-state index in [0.717, 1.165) is 30.6 Å². The summed E-state index contributed by atoms with van der Waals surface area (Å²) in [5.74, 6) is 0.745. The molecule has 1 aromatic heterocycles. The number of methoxy groups -OCH3 is 1. The Morgan fingerprint density at radius 1 is 1.15 bits per heavy atom. The maximum absolute atomic E-state index is 13.3. The molecule has 1 atom stereocenters. The maximum atomic E-state index is 13.3. The summed E-state index contributed by atoms with van der Waals surface area (Å²) < 4.78 is 6.91. The number of ether oxygens (including phenoxy) is 1. The third-order valence-electron chi connectivity index (χ3n) is 6.69. The molecule has 1 fully saturated rings. The molecule has 174 valence electrons. The summed E-state index contributed by atoms with van der Waals surface area (Å²) >= 11 is 0. The van der Waals surface area contributed by atoms with Crippen molar-refractivity contribution >= 4 is 16.6 Å². The zero-order valence-electron chi connectivity index (χ0n) is 19.2. The lowest BCUT2D eigenvalue weighted by molar-refractivity contribution is 0.00518. The predicted octanol–water partition coefficient (Wildman–Crippen LogP) is 3.77. The van der Waals surface area contributed by atoms with E-state index in [1.54, 1.807) is 23.9 Å². The van der Waals surface area contributed by atoms with Gasteiger partial charge in [-0.05, 0) is 49.6 Å². The van der Waals surface area contributed by atoms with Gasteiger partial charge in [-0.2, -0.15) is 5.10 Å². The lowest BCUT2D eigenvalue weighted by atomic mass is 9.78. The second-order valence-electron chi connectivity index (χ2n) is 9.21. The number of rotatable bonds is 7. The number of aliphatic hydroxyl groups is 2. The van der Waals surface area contributed by atoms with Crippen molar-refractivity contribution < 1.29 is 14.9 Å². The van der Waals surface area contributed by atoms with Crippen LogP contribution in [0.3, 0.4) is 0 Å². The van der Waals surface area contributed by atoms with Gasteiger partial charge in [0.15, 0.2) is 0 Å². The van der Waals surface area contributed by atoms with Crippen molar-refractivity contribution in [3.63, 3.8) is 0 Å². The fraction of sp³-hybridized carbons (Fsp3) is 0.423. The van der Waals surface area contributed by atoms with Crippen LogP contribution in [0.4, 0.5) is 0 Å². The monoisotopic (exact) mass is 449 g/mol. The summed E-state index contributed by atoms with van der Waals surface area (Å²) in [7, 11) is 1.61. The molecule has 7 heteroatoms. The molecule has 1 saturated carbocycles. The number of aromatic nitrogens is 2. The number of fused-ring (bicyclic) bond motifs is 1. The fourth-order valence-corrected chi connectivity index (χ4v) is 4.61. The van der Waals surface area contributed by atoms with E-state index in [0.29, 0.717) is 30.3 Å². The number of nitrogens with one attached hydrogen (secondary N) is 1. The van der Waals surface area contributed by atoms with Crippen LogP contribution in [0, 0.1) is 5.41 Å². The Kier molecular flexibility index (Phi) is 6.36. The van der Waals surface area contributed by atoms with Gasteiger partial charge in [-0.15, -0.1) is 0 Å². The largest absolute Gasteiger partial charge is 0.497 e. The van der Waals surface area contributed by atoms with E-state index < -0.39 is 16.6 Å². The summed E-state index contributed by atoms with van der Waals surface area (Å²) in [6, 6.07) is 14.7. The van der Waals surface area contributed by atoms with Crippen molar-refractivity contribution in [2.24, 2.45) is 0 Å². The van der Waals surface area contributed by atoms with Crippen LogP contribution in [0.5, 0.6) is 5.75 Å². The highest BCUT2D eigenvalue weighted by molar-refractivity contribution is 5.91. The molecular formula is C26H31N3O4. The lowest BCUT2D eigenvalue weighted by Crippen LogP contribution is -2.44. The topological polar surface area (TPSA) is 108 Å². The van der Waals surface area contributed by atoms with Crippen molar-refractivity contribution in [1.82, 2.24) is 9.78 Å². The molecule has 0 saturated heterocycles. The van der Waals surface area contributed by atoms with E-state index in [-0.39, 0.29) is 17.8 Å². The summed E-state index contributed by atoms with van der Waals surface area (Å²) in [5.41, 5.74) is -1.90. The first kappa shape index (κ1) is 23.1. The second-order valence-corrected chi connectivity index (χ2v) is 9.21. The molecule has 33 heavy (non-hydrogen) atoms.